The van der Waals surface area contributed by atoms with Crippen molar-refractivity contribution >= 4 is 66.6 Å². The molecule has 4 rings (SSSR count). The Kier molecular flexibility index (Phi) is 7.27. The van der Waals surface area contributed by atoms with Crippen molar-refractivity contribution in [2.24, 2.45) is 10.7 Å². The smallest absolute Gasteiger partial charge is 0.267 e. The van der Waals surface area contributed by atoms with Gasteiger partial charge in [-0.25, -0.2) is 9.98 Å². The first kappa shape index (κ1) is 23.9. The van der Waals surface area contributed by atoms with Gasteiger partial charge < -0.3 is 21.3 Å². The number of carbonyl (C=O) groups excluding carboxylic acids is 2. The first-order valence-electron chi connectivity index (χ1n) is 10.7. The van der Waals surface area contributed by atoms with E-state index in [1.54, 1.807) is 24.2 Å². The number of aliphatic imine (C=N–C) groups is 1. The molecule has 5 N–H and O–H groups in total. The highest BCUT2D eigenvalue weighted by Crippen LogP contribution is 2.31. The number of halogens is 1. The number of hydrogen-bond acceptors (Lipinski definition) is 7. The van der Waals surface area contributed by atoms with E-state index in [0.717, 1.165) is 39.6 Å². The number of nitrogens with zero attached hydrogens (tertiary/aromatic N) is 4. The van der Waals surface area contributed by atoms with Crippen LogP contribution < -0.4 is 16.4 Å². The van der Waals surface area contributed by atoms with Crippen LogP contribution in [0.2, 0.25) is 0 Å². The zero-order valence-electron chi connectivity index (χ0n) is 18.8. The topological polar surface area (TPSA) is 141 Å². The van der Waals surface area contributed by atoms with Crippen molar-refractivity contribution in [2.75, 3.05) is 18.9 Å². The third-order valence-corrected chi connectivity index (χ3v) is 7.29. The van der Waals surface area contributed by atoms with Gasteiger partial charge in [-0.05, 0) is 54.2 Å². The quantitative estimate of drug-likeness (QED) is 0.252. The fourth-order valence-electron chi connectivity index (χ4n) is 3.37. The molecule has 0 bridgehead atoms. The van der Waals surface area contributed by atoms with Crippen molar-refractivity contribution < 1.29 is 9.59 Å². The Balaban J connectivity index is 1.37. The van der Waals surface area contributed by atoms with Gasteiger partial charge in [0.05, 0.1) is 30.1 Å². The van der Waals surface area contributed by atoms with Gasteiger partial charge in [-0.15, -0.1) is 0 Å². The molecule has 3 aromatic rings. The number of H-pyrrole nitrogens is 1. The monoisotopic (exact) mass is 544 g/mol. The van der Waals surface area contributed by atoms with Crippen molar-refractivity contribution in [1.29, 1.82) is 0 Å². The van der Waals surface area contributed by atoms with Gasteiger partial charge in [0.1, 0.15) is 10.7 Å². The Bertz CT molecular complexity index is 1280. The van der Waals surface area contributed by atoms with Gasteiger partial charge in [-0.1, -0.05) is 11.3 Å². The third-order valence-electron chi connectivity index (χ3n) is 5.74. The average Bonchev–Trinajstić information content (AvgIpc) is 3.44. The minimum atomic E-state index is -0.310. The molecule has 12 heteroatoms. The molecule has 2 amide bonds. The maximum atomic E-state index is 12.8. The lowest BCUT2D eigenvalue weighted by Gasteiger charge is -2.34. The number of rotatable bonds is 8. The number of amides is 2. The Hall–Kier alpha value is -3.25. The van der Waals surface area contributed by atoms with Crippen molar-refractivity contribution in [1.82, 2.24) is 25.4 Å². The summed E-state index contributed by atoms with van der Waals surface area (Å²) in [4.78, 5) is 35.7. The van der Waals surface area contributed by atoms with Gasteiger partial charge in [0.25, 0.3) is 5.91 Å². The Morgan fingerprint density at radius 3 is 2.91 bits per heavy atom. The summed E-state index contributed by atoms with van der Waals surface area (Å²) in [5.41, 5.74) is 8.18. The predicted octanol–water partition coefficient (Wildman–Crippen LogP) is 3.53. The van der Waals surface area contributed by atoms with Gasteiger partial charge >= 0.3 is 0 Å². The van der Waals surface area contributed by atoms with Gasteiger partial charge in [0.2, 0.25) is 11.0 Å². The van der Waals surface area contributed by atoms with E-state index in [2.05, 4.69) is 46.7 Å². The molecule has 1 aromatic carbocycles. The molecule has 2 aromatic heterocycles. The van der Waals surface area contributed by atoms with Crippen LogP contribution in [-0.2, 0) is 4.79 Å². The summed E-state index contributed by atoms with van der Waals surface area (Å²) >= 11 is 4.59. The Morgan fingerprint density at radius 1 is 1.38 bits per heavy atom. The maximum absolute atomic E-state index is 12.8. The standard InChI is InChI=1S/C22H25BrN8O2S/c1-12(8-25-11-18(32)31(2)13-4-3-5-13)20(24)29-22-26-10-17(34-22)21(33)28-19-14-9-27-30-16(14)7-6-15(19)23/h6-10,13,25H,3-5,11H2,1-2H3,(H,27,30)(H,28,33)(H2,24,26,29)/b12-8-. The van der Waals surface area contributed by atoms with E-state index in [4.69, 9.17) is 5.73 Å². The van der Waals surface area contributed by atoms with Crippen LogP contribution in [0.4, 0.5) is 10.8 Å². The molecule has 34 heavy (non-hydrogen) atoms. The number of thiazole rings is 1. The largest absolute Gasteiger partial charge is 0.383 e. The Morgan fingerprint density at radius 2 is 2.18 bits per heavy atom. The molecule has 0 spiro atoms. The highest BCUT2D eigenvalue weighted by molar-refractivity contribution is 9.10. The second-order valence-corrected chi connectivity index (χ2v) is 9.87. The minimum absolute atomic E-state index is 0.0394. The van der Waals surface area contributed by atoms with Gasteiger partial charge in [0.15, 0.2) is 0 Å². The van der Waals surface area contributed by atoms with Crippen LogP contribution in [0.3, 0.4) is 0 Å². The third kappa shape index (κ3) is 5.28. The van der Waals surface area contributed by atoms with Crippen LogP contribution in [-0.4, -0.2) is 57.4 Å². The molecule has 1 fully saturated rings. The van der Waals surface area contributed by atoms with Crippen LogP contribution in [0.15, 0.2) is 45.8 Å². The molecule has 0 atom stereocenters. The first-order chi connectivity index (χ1) is 16.3. The number of likely N-dealkylation sites (N-methyl/N-ethyl adjacent to an activating group) is 1. The molecule has 0 radical (unpaired) electrons. The van der Waals surface area contributed by atoms with Crippen molar-refractivity contribution in [3.8, 4) is 0 Å². The van der Waals surface area contributed by atoms with E-state index in [-0.39, 0.29) is 24.2 Å². The number of hydrogen-bond donors (Lipinski definition) is 4. The van der Waals surface area contributed by atoms with Gasteiger partial charge in [-0.3, -0.25) is 14.7 Å². The summed E-state index contributed by atoms with van der Waals surface area (Å²) < 4.78 is 0.743. The molecule has 0 aliphatic heterocycles. The van der Waals surface area contributed by atoms with E-state index >= 15 is 0 Å². The summed E-state index contributed by atoms with van der Waals surface area (Å²) in [7, 11) is 1.84. The normalized spacial score (nSPS) is 14.7. The highest BCUT2D eigenvalue weighted by atomic mass is 79.9. The highest BCUT2D eigenvalue weighted by Gasteiger charge is 2.25. The number of anilines is 1. The number of aromatic nitrogens is 3. The molecule has 0 saturated heterocycles. The van der Waals surface area contributed by atoms with Crippen molar-refractivity contribution in [3.05, 3.63) is 45.6 Å². The Labute approximate surface area is 208 Å². The summed E-state index contributed by atoms with van der Waals surface area (Å²) in [6.07, 6.45) is 8.10. The van der Waals surface area contributed by atoms with E-state index in [0.29, 0.717) is 27.3 Å². The number of nitrogens with one attached hydrogen (secondary N) is 3. The molecule has 0 unspecified atom stereocenters. The number of aromatic amines is 1. The number of carbonyl (C=O) groups is 2. The van der Waals surface area contributed by atoms with Crippen LogP contribution in [0, 0.1) is 0 Å². The molecule has 1 aliphatic carbocycles. The lowest BCUT2D eigenvalue weighted by atomic mass is 9.92. The molecule has 1 aliphatic rings. The first-order valence-corrected chi connectivity index (χ1v) is 12.3. The van der Waals surface area contributed by atoms with E-state index < -0.39 is 0 Å². The summed E-state index contributed by atoms with van der Waals surface area (Å²) in [5.74, 6) is -0.0213. The lowest BCUT2D eigenvalue weighted by molar-refractivity contribution is -0.132. The second kappa shape index (κ2) is 10.3. The average molecular weight is 545 g/mol. The maximum Gasteiger partial charge on any atom is 0.267 e. The van der Waals surface area contributed by atoms with Gasteiger partial charge in [0, 0.05) is 34.7 Å². The van der Waals surface area contributed by atoms with E-state index in [1.807, 2.05) is 19.2 Å². The SMILES string of the molecule is CC(=C/NCC(=O)N(C)C1CCC1)/C(N)=N\c1ncc(C(=O)Nc2c(Br)ccc3[nH]ncc23)s1. The van der Waals surface area contributed by atoms with Crippen molar-refractivity contribution in [3.63, 3.8) is 0 Å². The molecular formula is C22H25BrN8O2S. The van der Waals surface area contributed by atoms with Gasteiger partial charge in [-0.2, -0.15) is 5.10 Å². The second-order valence-electron chi connectivity index (χ2n) is 8.01. The number of benzene rings is 1. The zero-order valence-corrected chi connectivity index (χ0v) is 21.2. The van der Waals surface area contributed by atoms with Crippen LogP contribution >= 0.6 is 27.3 Å². The lowest BCUT2D eigenvalue weighted by Crippen LogP contribution is -2.44. The van der Waals surface area contributed by atoms with Crippen LogP contribution in [0.5, 0.6) is 0 Å². The van der Waals surface area contributed by atoms with Crippen molar-refractivity contribution in [2.45, 2.75) is 32.2 Å². The van der Waals surface area contributed by atoms with Crippen LogP contribution in [0.1, 0.15) is 35.9 Å². The number of amidine groups is 1. The minimum Gasteiger partial charge on any atom is -0.383 e. The molecular weight excluding hydrogens is 520 g/mol. The zero-order chi connectivity index (χ0) is 24.2. The number of fused-ring (bicyclic) bond motifs is 1. The van der Waals surface area contributed by atoms with E-state index in [9.17, 15) is 9.59 Å². The molecule has 2 heterocycles. The summed E-state index contributed by atoms with van der Waals surface area (Å²) in [6, 6.07) is 4.06. The predicted molar refractivity (Wildman–Crippen MR) is 137 cm³/mol. The summed E-state index contributed by atoms with van der Waals surface area (Å²) in [6.45, 7) is 1.98. The summed E-state index contributed by atoms with van der Waals surface area (Å²) in [5, 5.41) is 13.9. The van der Waals surface area contributed by atoms with Crippen LogP contribution in [0.25, 0.3) is 10.9 Å². The number of nitrogens with two attached hydrogens (primary N) is 1. The van der Waals surface area contributed by atoms with E-state index in [1.165, 1.54) is 12.6 Å². The molecule has 10 nitrogen and oxygen atoms in total. The fourth-order valence-corrected chi connectivity index (χ4v) is 4.51. The molecule has 178 valence electrons. The molecule has 1 saturated carbocycles. The fraction of sp³-hybridized carbons (Fsp3) is 0.318.